The van der Waals surface area contributed by atoms with Gasteiger partial charge in [-0.25, -0.2) is 0 Å². The molecular formula is C18H28O3S. The fraction of sp³-hybridized carbons (Fsp3) is 0.833. The average Bonchev–Trinajstić information content (AvgIpc) is 3.21. The Hall–Kier alpha value is -0.480. The molecule has 4 atom stereocenters. The van der Waals surface area contributed by atoms with Crippen LogP contribution in [0.15, 0.2) is 12.2 Å². The van der Waals surface area contributed by atoms with Crippen LogP contribution in [0.5, 0.6) is 0 Å². The molecule has 0 aromatic heterocycles. The highest BCUT2D eigenvalue weighted by Crippen LogP contribution is 2.49. The maximum Gasteiger partial charge on any atom is 0.303 e. The topological polar surface area (TPSA) is 46.5 Å². The summed E-state index contributed by atoms with van der Waals surface area (Å²) in [6.45, 7) is 0. The van der Waals surface area contributed by atoms with Crippen LogP contribution in [0.3, 0.4) is 0 Å². The number of hydrogen-bond acceptors (Lipinski definition) is 3. The van der Waals surface area contributed by atoms with Gasteiger partial charge in [0.05, 0.1) is 12.2 Å². The van der Waals surface area contributed by atoms with E-state index >= 15 is 0 Å². The van der Waals surface area contributed by atoms with E-state index in [9.17, 15) is 4.79 Å². The lowest BCUT2D eigenvalue weighted by molar-refractivity contribution is -0.137. The molecule has 3 rings (SSSR count). The maximum atomic E-state index is 10.5. The molecule has 22 heavy (non-hydrogen) atoms. The average molecular weight is 324 g/mol. The fourth-order valence-electron chi connectivity index (χ4n) is 4.20. The smallest absolute Gasteiger partial charge is 0.303 e. The summed E-state index contributed by atoms with van der Waals surface area (Å²) in [6.07, 6.45) is 16.6. The van der Waals surface area contributed by atoms with Gasteiger partial charge in [-0.2, -0.15) is 11.8 Å². The van der Waals surface area contributed by atoms with Crippen molar-refractivity contribution < 1.29 is 14.6 Å². The first-order valence-electron chi connectivity index (χ1n) is 8.92. The lowest BCUT2D eigenvalue weighted by Gasteiger charge is -2.28. The van der Waals surface area contributed by atoms with Crippen LogP contribution in [0.4, 0.5) is 0 Å². The Kier molecular flexibility index (Phi) is 5.86. The van der Waals surface area contributed by atoms with Gasteiger partial charge in [0.25, 0.3) is 0 Å². The summed E-state index contributed by atoms with van der Waals surface area (Å²) in [4.78, 5) is 10.5. The van der Waals surface area contributed by atoms with Gasteiger partial charge in [0, 0.05) is 22.8 Å². The highest BCUT2D eigenvalue weighted by Gasteiger charge is 2.49. The molecule has 1 N–H and O–H groups in total. The summed E-state index contributed by atoms with van der Waals surface area (Å²) >= 11 is 2.22. The van der Waals surface area contributed by atoms with E-state index in [-0.39, 0.29) is 6.42 Å². The van der Waals surface area contributed by atoms with Crippen molar-refractivity contribution >= 4 is 17.7 Å². The Morgan fingerprint density at radius 3 is 2.68 bits per heavy atom. The Bertz CT molecular complexity index is 403. The molecule has 0 unspecified atom stereocenters. The van der Waals surface area contributed by atoms with E-state index in [1.807, 2.05) is 0 Å². The number of hydrogen-bond donors (Lipinski definition) is 1. The molecule has 4 heteroatoms. The van der Waals surface area contributed by atoms with Crippen molar-refractivity contribution in [3.63, 3.8) is 0 Å². The first-order valence-corrected chi connectivity index (χ1v) is 9.86. The Morgan fingerprint density at radius 2 is 1.91 bits per heavy atom. The molecule has 0 spiro atoms. The third kappa shape index (κ3) is 4.08. The minimum Gasteiger partial charge on any atom is -0.481 e. The molecule has 1 aliphatic carbocycles. The molecule has 0 aromatic rings. The molecule has 2 bridgehead atoms. The van der Waals surface area contributed by atoms with E-state index in [1.54, 1.807) is 0 Å². The van der Waals surface area contributed by atoms with Crippen molar-refractivity contribution in [1.29, 1.82) is 0 Å². The zero-order chi connectivity index (χ0) is 15.4. The number of ether oxygens (including phenoxy) is 1. The van der Waals surface area contributed by atoms with Gasteiger partial charge in [0.2, 0.25) is 0 Å². The summed E-state index contributed by atoms with van der Waals surface area (Å²) in [5.41, 5.74) is 0. The predicted molar refractivity (Wildman–Crippen MR) is 90.3 cm³/mol. The second-order valence-corrected chi connectivity index (χ2v) is 8.44. The van der Waals surface area contributed by atoms with E-state index in [2.05, 4.69) is 23.9 Å². The molecule has 2 aliphatic heterocycles. The van der Waals surface area contributed by atoms with E-state index in [0.29, 0.717) is 23.4 Å². The molecule has 3 fully saturated rings. The van der Waals surface area contributed by atoms with Gasteiger partial charge in [0.15, 0.2) is 0 Å². The molecule has 3 nitrogen and oxygen atoms in total. The van der Waals surface area contributed by atoms with Crippen LogP contribution in [-0.4, -0.2) is 33.8 Å². The van der Waals surface area contributed by atoms with Gasteiger partial charge in [-0.3, -0.25) is 4.79 Å². The van der Waals surface area contributed by atoms with Gasteiger partial charge in [-0.15, -0.1) is 0 Å². The van der Waals surface area contributed by atoms with Crippen LogP contribution in [0.1, 0.15) is 64.2 Å². The summed E-state index contributed by atoms with van der Waals surface area (Å²) in [7, 11) is 0. The second-order valence-electron chi connectivity index (χ2n) is 6.95. The molecule has 0 amide bonds. The van der Waals surface area contributed by atoms with Crippen molar-refractivity contribution in [3.8, 4) is 0 Å². The van der Waals surface area contributed by atoms with Gasteiger partial charge in [-0.05, 0) is 44.9 Å². The highest BCUT2D eigenvalue weighted by atomic mass is 32.2. The van der Waals surface area contributed by atoms with Gasteiger partial charge in [0.1, 0.15) is 0 Å². The van der Waals surface area contributed by atoms with E-state index in [4.69, 9.17) is 9.84 Å². The van der Waals surface area contributed by atoms with Crippen LogP contribution in [0, 0.1) is 5.92 Å². The van der Waals surface area contributed by atoms with Crippen molar-refractivity contribution in [2.45, 2.75) is 86.9 Å². The lowest BCUT2D eigenvalue weighted by atomic mass is 9.86. The van der Waals surface area contributed by atoms with Gasteiger partial charge >= 0.3 is 5.97 Å². The number of aliphatic carboxylic acids is 1. The van der Waals surface area contributed by atoms with Gasteiger partial charge < -0.3 is 9.84 Å². The molecule has 3 aliphatic rings. The highest BCUT2D eigenvalue weighted by molar-refractivity contribution is 8.00. The largest absolute Gasteiger partial charge is 0.481 e. The zero-order valence-corrected chi connectivity index (χ0v) is 14.1. The van der Waals surface area contributed by atoms with E-state index < -0.39 is 5.97 Å². The predicted octanol–water partition coefficient (Wildman–Crippen LogP) is 4.41. The van der Waals surface area contributed by atoms with E-state index in [0.717, 1.165) is 24.5 Å². The first-order chi connectivity index (χ1) is 10.7. The van der Waals surface area contributed by atoms with Crippen LogP contribution < -0.4 is 0 Å². The summed E-state index contributed by atoms with van der Waals surface area (Å²) in [6, 6.07) is 0. The number of thioether (sulfide) groups is 1. The summed E-state index contributed by atoms with van der Waals surface area (Å²) in [5, 5.41) is 10.2. The quantitative estimate of drug-likeness (QED) is 0.531. The standard InChI is InChI=1S/C18H28O3S/c19-17(20)10-4-2-1-3-9-14-15-11-12-16(21-15)18(14)22-13-7-5-6-8-13/h1,3,13-16,18H,2,4-12H2,(H,19,20)/b3-1-/t14-,15+,16-,18+/m0/s1. The number of allylic oxidation sites excluding steroid dienone is 2. The van der Waals surface area contributed by atoms with Crippen molar-refractivity contribution in [1.82, 2.24) is 0 Å². The number of rotatable bonds is 8. The summed E-state index contributed by atoms with van der Waals surface area (Å²) in [5.74, 6) is -0.0111. The number of carbonyl (C=O) groups is 1. The molecule has 2 saturated heterocycles. The zero-order valence-electron chi connectivity index (χ0n) is 13.3. The van der Waals surface area contributed by atoms with Crippen LogP contribution in [-0.2, 0) is 9.53 Å². The maximum absolute atomic E-state index is 10.5. The first kappa shape index (κ1) is 16.4. The van der Waals surface area contributed by atoms with Crippen molar-refractivity contribution in [3.05, 3.63) is 12.2 Å². The molecular weight excluding hydrogens is 296 g/mol. The Morgan fingerprint density at radius 1 is 1.14 bits per heavy atom. The van der Waals surface area contributed by atoms with Crippen LogP contribution in [0.2, 0.25) is 0 Å². The number of carboxylic acid groups (broad SMARTS) is 1. The monoisotopic (exact) mass is 324 g/mol. The fourth-order valence-corrected chi connectivity index (χ4v) is 6.11. The summed E-state index contributed by atoms with van der Waals surface area (Å²) < 4.78 is 6.19. The Labute approximate surface area is 137 Å². The molecule has 0 aromatic carbocycles. The molecule has 1 saturated carbocycles. The number of unbranched alkanes of at least 4 members (excludes halogenated alkanes) is 1. The number of carboxylic acids is 1. The minimum atomic E-state index is -0.692. The van der Waals surface area contributed by atoms with Crippen molar-refractivity contribution in [2.75, 3.05) is 0 Å². The number of fused-ring (bicyclic) bond motifs is 2. The van der Waals surface area contributed by atoms with Gasteiger partial charge in [-0.1, -0.05) is 25.0 Å². The minimum absolute atomic E-state index is 0.279. The normalized spacial score (nSPS) is 34.9. The van der Waals surface area contributed by atoms with E-state index in [1.165, 1.54) is 38.5 Å². The molecule has 2 heterocycles. The third-order valence-corrected chi connectivity index (χ3v) is 7.16. The lowest BCUT2D eigenvalue weighted by Crippen LogP contribution is -2.30. The van der Waals surface area contributed by atoms with Crippen molar-refractivity contribution in [2.24, 2.45) is 5.92 Å². The second kappa shape index (κ2) is 7.87. The SMILES string of the molecule is O=C(O)CCC/C=C\C[C@@H]1[C@@H](SC2CCCC2)[C@@H]2CC[C@H]1O2. The Balaban J connectivity index is 1.45. The molecule has 0 radical (unpaired) electrons. The third-order valence-electron chi connectivity index (χ3n) is 5.34. The van der Waals surface area contributed by atoms with Crippen LogP contribution in [0.25, 0.3) is 0 Å². The van der Waals surface area contributed by atoms with Crippen LogP contribution >= 0.6 is 11.8 Å². The molecule has 124 valence electrons.